The molecule has 0 aliphatic heterocycles. The van der Waals surface area contributed by atoms with Crippen molar-refractivity contribution in [2.45, 2.75) is 0 Å². The van der Waals surface area contributed by atoms with Crippen LogP contribution in [0.1, 0.15) is 0 Å². The van der Waals surface area contributed by atoms with Gasteiger partial charge in [0.15, 0.2) is 11.6 Å². The lowest BCUT2D eigenvalue weighted by Gasteiger charge is -2.12. The van der Waals surface area contributed by atoms with Gasteiger partial charge in [0.1, 0.15) is 5.75 Å². The fourth-order valence-electron chi connectivity index (χ4n) is 2.43. The summed E-state index contributed by atoms with van der Waals surface area (Å²) in [4.78, 5) is 2.98. The molecule has 0 bridgehead atoms. The molecule has 132 valence electrons. The Bertz CT molecular complexity index is 1010. The van der Waals surface area contributed by atoms with Gasteiger partial charge in [0.2, 0.25) is 0 Å². The molecule has 1 heterocycles. The van der Waals surface area contributed by atoms with Crippen LogP contribution in [0.15, 0.2) is 36.4 Å². The molecule has 9 heteroatoms. The van der Waals surface area contributed by atoms with Crippen LogP contribution in [0.2, 0.25) is 0 Å². The molecule has 0 saturated heterocycles. The number of methoxy groups -OCH3 is 1. The van der Waals surface area contributed by atoms with Crippen molar-refractivity contribution < 1.29 is 21.9 Å². The van der Waals surface area contributed by atoms with E-state index in [-0.39, 0.29) is 5.69 Å². The van der Waals surface area contributed by atoms with Crippen molar-refractivity contribution in [3.8, 4) is 17.0 Å². The second-order valence-corrected chi connectivity index (χ2v) is 6.88. The first-order chi connectivity index (χ1) is 11.8. The molecular weight excluding hydrogens is 352 g/mol. The molecule has 6 nitrogen and oxygen atoms in total. The number of aromatic amines is 1. The number of ether oxygens (including phenoxy) is 1. The van der Waals surface area contributed by atoms with Crippen LogP contribution in [0.3, 0.4) is 0 Å². The molecule has 3 rings (SSSR count). The van der Waals surface area contributed by atoms with Gasteiger partial charge in [0.25, 0.3) is 10.2 Å². The van der Waals surface area contributed by atoms with E-state index in [4.69, 9.17) is 4.74 Å². The lowest BCUT2D eigenvalue weighted by molar-refractivity contribution is 0.417. The average molecular weight is 367 g/mol. The first-order valence-corrected chi connectivity index (χ1v) is 8.69. The molecule has 2 aromatic carbocycles. The first-order valence-electron chi connectivity index (χ1n) is 7.20. The highest BCUT2D eigenvalue weighted by molar-refractivity contribution is 7.90. The van der Waals surface area contributed by atoms with E-state index in [1.807, 2.05) is 0 Å². The molecule has 0 radical (unpaired) electrons. The Kier molecular flexibility index (Phi) is 4.36. The number of nitrogens with one attached hydrogen (secondary N) is 3. The van der Waals surface area contributed by atoms with Crippen LogP contribution in [-0.4, -0.2) is 27.6 Å². The minimum atomic E-state index is -3.73. The molecule has 0 spiro atoms. The van der Waals surface area contributed by atoms with Crippen molar-refractivity contribution in [3.05, 3.63) is 48.0 Å². The highest BCUT2D eigenvalue weighted by Gasteiger charge is 2.14. The third-order valence-corrected chi connectivity index (χ3v) is 4.71. The van der Waals surface area contributed by atoms with Gasteiger partial charge in [0, 0.05) is 35.3 Å². The standard InChI is InChI=1S/C16H15F2N3O3S/c1-19-25(22,23)21-15-6-9(3-4-16(15)24-2)13-7-10-5-11(17)12(18)8-14(10)20-13/h3-8,19-21H,1-2H3. The number of hydrogen-bond acceptors (Lipinski definition) is 3. The molecule has 3 N–H and O–H groups in total. The molecule has 0 fully saturated rings. The summed E-state index contributed by atoms with van der Waals surface area (Å²) < 4.78 is 59.8. The van der Waals surface area contributed by atoms with E-state index in [2.05, 4.69) is 14.4 Å². The topological polar surface area (TPSA) is 83.2 Å². The summed E-state index contributed by atoms with van der Waals surface area (Å²) in [6.07, 6.45) is 0. The Morgan fingerprint density at radius 1 is 1.08 bits per heavy atom. The molecule has 0 aliphatic carbocycles. The average Bonchev–Trinajstić information content (AvgIpc) is 2.97. The SMILES string of the molecule is CNS(=O)(=O)Nc1cc(-c2cc3cc(F)c(F)cc3[nH]2)ccc1OC. The van der Waals surface area contributed by atoms with Crippen LogP contribution >= 0.6 is 0 Å². The van der Waals surface area contributed by atoms with Crippen molar-refractivity contribution in [2.24, 2.45) is 0 Å². The molecule has 3 aromatic rings. The maximum Gasteiger partial charge on any atom is 0.298 e. The zero-order chi connectivity index (χ0) is 18.2. The maximum absolute atomic E-state index is 13.4. The molecule has 0 unspecified atom stereocenters. The number of benzene rings is 2. The number of fused-ring (bicyclic) bond motifs is 1. The highest BCUT2D eigenvalue weighted by atomic mass is 32.2. The van der Waals surface area contributed by atoms with Crippen LogP contribution < -0.4 is 14.2 Å². The van der Waals surface area contributed by atoms with E-state index >= 15 is 0 Å². The molecular formula is C16H15F2N3O3S. The number of halogens is 2. The van der Waals surface area contributed by atoms with Gasteiger partial charge in [-0.05, 0) is 30.3 Å². The first kappa shape index (κ1) is 17.2. The van der Waals surface area contributed by atoms with Crippen LogP contribution in [-0.2, 0) is 10.2 Å². The normalized spacial score (nSPS) is 11.7. The quantitative estimate of drug-likeness (QED) is 0.648. The lowest BCUT2D eigenvalue weighted by Crippen LogP contribution is -2.26. The predicted molar refractivity (Wildman–Crippen MR) is 91.8 cm³/mol. The molecule has 0 saturated carbocycles. The van der Waals surface area contributed by atoms with Gasteiger partial charge >= 0.3 is 0 Å². The van der Waals surface area contributed by atoms with Crippen LogP contribution in [0, 0.1) is 11.6 Å². The van der Waals surface area contributed by atoms with Gasteiger partial charge in [-0.3, -0.25) is 4.72 Å². The smallest absolute Gasteiger partial charge is 0.298 e. The lowest BCUT2D eigenvalue weighted by atomic mass is 10.1. The Morgan fingerprint density at radius 2 is 1.80 bits per heavy atom. The van der Waals surface area contributed by atoms with E-state index in [9.17, 15) is 17.2 Å². The second-order valence-electron chi connectivity index (χ2n) is 5.26. The number of anilines is 1. The van der Waals surface area contributed by atoms with Gasteiger partial charge in [-0.1, -0.05) is 0 Å². The predicted octanol–water partition coefficient (Wildman–Crippen LogP) is 3.00. The number of rotatable bonds is 5. The monoisotopic (exact) mass is 367 g/mol. The van der Waals surface area contributed by atoms with E-state index in [0.717, 1.165) is 12.1 Å². The summed E-state index contributed by atoms with van der Waals surface area (Å²) in [6.45, 7) is 0. The van der Waals surface area contributed by atoms with Crippen molar-refractivity contribution in [3.63, 3.8) is 0 Å². The van der Waals surface area contributed by atoms with Gasteiger partial charge in [-0.15, -0.1) is 0 Å². The zero-order valence-electron chi connectivity index (χ0n) is 13.4. The summed E-state index contributed by atoms with van der Waals surface area (Å²) in [5.41, 5.74) is 1.85. The summed E-state index contributed by atoms with van der Waals surface area (Å²) in [5, 5.41) is 0.502. The molecule has 0 amide bonds. The number of H-pyrrole nitrogens is 1. The fourth-order valence-corrected chi connectivity index (χ4v) is 2.98. The van der Waals surface area contributed by atoms with Gasteiger partial charge in [-0.25, -0.2) is 13.5 Å². The van der Waals surface area contributed by atoms with Crippen LogP contribution in [0.25, 0.3) is 22.2 Å². The molecule has 1 aromatic heterocycles. The summed E-state index contributed by atoms with van der Waals surface area (Å²) in [5.74, 6) is -1.55. The zero-order valence-corrected chi connectivity index (χ0v) is 14.2. The minimum absolute atomic E-state index is 0.227. The van der Waals surface area contributed by atoms with Crippen molar-refractivity contribution in [1.29, 1.82) is 0 Å². The van der Waals surface area contributed by atoms with E-state index < -0.39 is 21.8 Å². The summed E-state index contributed by atoms with van der Waals surface area (Å²) in [6, 6.07) is 8.67. The summed E-state index contributed by atoms with van der Waals surface area (Å²) in [7, 11) is -1.03. The Morgan fingerprint density at radius 3 is 2.48 bits per heavy atom. The third kappa shape index (κ3) is 3.42. The third-order valence-electron chi connectivity index (χ3n) is 3.69. The summed E-state index contributed by atoms with van der Waals surface area (Å²) >= 11 is 0. The Hall–Kier alpha value is -2.65. The number of hydrogen-bond donors (Lipinski definition) is 3. The Balaban J connectivity index is 2.08. The molecule has 0 atom stereocenters. The van der Waals surface area contributed by atoms with Crippen molar-refractivity contribution in [1.82, 2.24) is 9.71 Å². The number of aromatic nitrogens is 1. The van der Waals surface area contributed by atoms with Crippen LogP contribution in [0.5, 0.6) is 5.75 Å². The van der Waals surface area contributed by atoms with E-state index in [0.29, 0.717) is 27.9 Å². The van der Waals surface area contributed by atoms with Crippen molar-refractivity contribution >= 4 is 26.8 Å². The van der Waals surface area contributed by atoms with E-state index in [1.54, 1.807) is 24.3 Å². The van der Waals surface area contributed by atoms with Gasteiger partial charge in [0.05, 0.1) is 12.8 Å². The minimum Gasteiger partial charge on any atom is -0.495 e. The largest absolute Gasteiger partial charge is 0.495 e. The maximum atomic E-state index is 13.4. The Labute approximate surface area is 143 Å². The van der Waals surface area contributed by atoms with Gasteiger partial charge < -0.3 is 9.72 Å². The fraction of sp³-hybridized carbons (Fsp3) is 0.125. The molecule has 0 aliphatic rings. The van der Waals surface area contributed by atoms with Crippen molar-refractivity contribution in [2.75, 3.05) is 18.9 Å². The van der Waals surface area contributed by atoms with E-state index in [1.165, 1.54) is 14.2 Å². The van der Waals surface area contributed by atoms with Gasteiger partial charge in [-0.2, -0.15) is 8.42 Å². The molecule has 25 heavy (non-hydrogen) atoms. The second kappa shape index (κ2) is 6.34. The van der Waals surface area contributed by atoms with Crippen LogP contribution in [0.4, 0.5) is 14.5 Å². The highest BCUT2D eigenvalue weighted by Crippen LogP contribution is 2.32.